The number of carbonyl (C=O) groups excluding carboxylic acids is 1. The van der Waals surface area contributed by atoms with E-state index >= 15 is 0 Å². The van der Waals surface area contributed by atoms with Crippen LogP contribution in [0, 0.1) is 0 Å². The van der Waals surface area contributed by atoms with Gasteiger partial charge in [-0.1, -0.05) is 49.7 Å². The van der Waals surface area contributed by atoms with E-state index in [0.29, 0.717) is 12.3 Å². The molecular weight excluding hydrogens is 456 g/mol. The fourth-order valence-corrected chi connectivity index (χ4v) is 3.43. The van der Waals surface area contributed by atoms with Gasteiger partial charge in [0.1, 0.15) is 5.75 Å². The standard InChI is InChI=1S/C29H32N2O5/c1-4-6-18-36-26-16-14-24(15-17-26)30-29(34)31(3)25-9-7-8-23(20-25)22-12-10-21(11-13-22)19-27(28(32)33)35-5-2/h7-17,19-20H,4-6,18H2,1-3H3,(H,30,34)(H,32,33)/b27-19-. The van der Waals surface area contributed by atoms with Gasteiger partial charge in [0, 0.05) is 18.4 Å². The number of rotatable bonds is 11. The van der Waals surface area contributed by atoms with Gasteiger partial charge >= 0.3 is 12.0 Å². The van der Waals surface area contributed by atoms with Crippen molar-refractivity contribution in [2.24, 2.45) is 0 Å². The number of hydrogen-bond acceptors (Lipinski definition) is 4. The topological polar surface area (TPSA) is 88.1 Å². The van der Waals surface area contributed by atoms with E-state index in [0.717, 1.165) is 41.0 Å². The van der Waals surface area contributed by atoms with Gasteiger partial charge in [-0.15, -0.1) is 0 Å². The Morgan fingerprint density at radius 2 is 1.69 bits per heavy atom. The van der Waals surface area contributed by atoms with E-state index in [4.69, 9.17) is 9.47 Å². The summed E-state index contributed by atoms with van der Waals surface area (Å²) in [5.41, 5.74) is 4.01. The fraction of sp³-hybridized carbons (Fsp3) is 0.241. The molecule has 0 fully saturated rings. The molecular formula is C29H32N2O5. The molecule has 0 aromatic heterocycles. The molecule has 0 unspecified atom stereocenters. The van der Waals surface area contributed by atoms with Crippen molar-refractivity contribution in [3.05, 3.63) is 84.1 Å². The van der Waals surface area contributed by atoms with Gasteiger partial charge < -0.3 is 19.9 Å². The van der Waals surface area contributed by atoms with Crippen LogP contribution in [0.4, 0.5) is 16.2 Å². The van der Waals surface area contributed by atoms with Crippen LogP contribution in [0.3, 0.4) is 0 Å². The molecule has 2 amide bonds. The van der Waals surface area contributed by atoms with Crippen molar-refractivity contribution < 1.29 is 24.2 Å². The van der Waals surface area contributed by atoms with Crippen LogP contribution in [0.1, 0.15) is 32.3 Å². The molecule has 7 nitrogen and oxygen atoms in total. The van der Waals surface area contributed by atoms with Crippen LogP contribution < -0.4 is 15.0 Å². The highest BCUT2D eigenvalue weighted by molar-refractivity contribution is 6.01. The zero-order chi connectivity index (χ0) is 25.9. The lowest BCUT2D eigenvalue weighted by Gasteiger charge is -2.19. The van der Waals surface area contributed by atoms with Crippen molar-refractivity contribution in [2.45, 2.75) is 26.7 Å². The van der Waals surface area contributed by atoms with Crippen molar-refractivity contribution in [3.8, 4) is 16.9 Å². The molecule has 0 bridgehead atoms. The zero-order valence-electron chi connectivity index (χ0n) is 20.9. The number of carboxylic acid groups (broad SMARTS) is 1. The van der Waals surface area contributed by atoms with Crippen molar-refractivity contribution >= 4 is 29.5 Å². The number of aliphatic carboxylic acids is 1. The number of nitrogens with one attached hydrogen (secondary N) is 1. The number of urea groups is 1. The Hall–Kier alpha value is -4.26. The Morgan fingerprint density at radius 1 is 0.972 bits per heavy atom. The number of anilines is 2. The minimum atomic E-state index is -1.11. The largest absolute Gasteiger partial charge is 0.494 e. The highest BCUT2D eigenvalue weighted by Gasteiger charge is 2.13. The molecule has 188 valence electrons. The van der Waals surface area contributed by atoms with Crippen molar-refractivity contribution in [1.82, 2.24) is 0 Å². The normalized spacial score (nSPS) is 11.0. The molecule has 3 rings (SSSR count). The maximum atomic E-state index is 12.8. The third-order valence-corrected chi connectivity index (χ3v) is 5.46. The maximum Gasteiger partial charge on any atom is 0.371 e. The van der Waals surface area contributed by atoms with E-state index in [1.165, 1.54) is 6.08 Å². The number of carbonyl (C=O) groups is 2. The van der Waals surface area contributed by atoms with Crippen LogP contribution in [-0.2, 0) is 9.53 Å². The summed E-state index contributed by atoms with van der Waals surface area (Å²) in [5.74, 6) is -0.425. The summed E-state index contributed by atoms with van der Waals surface area (Å²) in [4.78, 5) is 25.7. The SMILES string of the molecule is CCCCOc1ccc(NC(=O)N(C)c2cccc(-c3ccc(/C=C(\OCC)C(=O)O)cc3)c2)cc1. The molecule has 7 heteroatoms. The molecule has 0 aliphatic rings. The minimum absolute atomic E-state index is 0.0986. The van der Waals surface area contributed by atoms with Gasteiger partial charge in [-0.05, 0) is 72.5 Å². The number of unbranched alkanes of at least 4 members (excludes halogenated alkanes) is 1. The lowest BCUT2D eigenvalue weighted by molar-refractivity contribution is -0.136. The van der Waals surface area contributed by atoms with Gasteiger partial charge in [0.2, 0.25) is 5.76 Å². The predicted octanol–water partition coefficient (Wildman–Crippen LogP) is 6.66. The maximum absolute atomic E-state index is 12.8. The van der Waals surface area contributed by atoms with E-state index in [9.17, 15) is 14.7 Å². The molecule has 36 heavy (non-hydrogen) atoms. The van der Waals surface area contributed by atoms with Crippen LogP contribution in [-0.4, -0.2) is 37.4 Å². The summed E-state index contributed by atoms with van der Waals surface area (Å²) in [5, 5.41) is 12.1. The molecule has 0 spiro atoms. The monoisotopic (exact) mass is 488 g/mol. The van der Waals surface area contributed by atoms with Crippen LogP contribution >= 0.6 is 0 Å². The number of carboxylic acids is 1. The molecule has 0 aliphatic heterocycles. The molecule has 0 heterocycles. The van der Waals surface area contributed by atoms with Crippen LogP contribution in [0.5, 0.6) is 5.75 Å². The van der Waals surface area contributed by atoms with Crippen molar-refractivity contribution in [2.75, 3.05) is 30.5 Å². The molecule has 2 N–H and O–H groups in total. The number of nitrogens with zero attached hydrogens (tertiary/aromatic N) is 1. The summed E-state index contributed by atoms with van der Waals surface area (Å²) >= 11 is 0. The smallest absolute Gasteiger partial charge is 0.371 e. The highest BCUT2D eigenvalue weighted by Crippen LogP contribution is 2.26. The average molecular weight is 489 g/mol. The molecule has 0 atom stereocenters. The molecule has 0 saturated carbocycles. The lowest BCUT2D eigenvalue weighted by Crippen LogP contribution is -2.31. The quantitative estimate of drug-likeness (QED) is 0.179. The van der Waals surface area contributed by atoms with Gasteiger partial charge in [-0.3, -0.25) is 4.90 Å². The van der Waals surface area contributed by atoms with Gasteiger partial charge in [0.15, 0.2) is 0 Å². The molecule has 0 radical (unpaired) electrons. The van der Waals surface area contributed by atoms with E-state index in [1.807, 2.05) is 72.8 Å². The second kappa shape index (κ2) is 13.0. The van der Waals surface area contributed by atoms with Gasteiger partial charge in [-0.2, -0.15) is 0 Å². The van der Waals surface area contributed by atoms with E-state index in [2.05, 4.69) is 12.2 Å². The summed E-state index contributed by atoms with van der Waals surface area (Å²) < 4.78 is 10.8. The molecule has 0 saturated heterocycles. The average Bonchev–Trinajstić information content (AvgIpc) is 2.89. The van der Waals surface area contributed by atoms with Crippen LogP contribution in [0.2, 0.25) is 0 Å². The molecule has 3 aromatic carbocycles. The number of amides is 2. The molecule has 3 aromatic rings. The first kappa shape index (κ1) is 26.3. The van der Waals surface area contributed by atoms with Crippen LogP contribution in [0.25, 0.3) is 17.2 Å². The fourth-order valence-electron chi connectivity index (χ4n) is 3.43. The predicted molar refractivity (Wildman–Crippen MR) is 143 cm³/mol. The van der Waals surface area contributed by atoms with E-state index < -0.39 is 5.97 Å². The highest BCUT2D eigenvalue weighted by atomic mass is 16.5. The first-order valence-corrected chi connectivity index (χ1v) is 12.0. The van der Waals surface area contributed by atoms with Crippen molar-refractivity contribution in [1.29, 1.82) is 0 Å². The van der Waals surface area contributed by atoms with E-state index in [1.54, 1.807) is 18.9 Å². The Labute approximate surface area is 212 Å². The van der Waals surface area contributed by atoms with Gasteiger partial charge in [-0.25, -0.2) is 9.59 Å². The van der Waals surface area contributed by atoms with Crippen LogP contribution in [0.15, 0.2) is 78.6 Å². The second-order valence-corrected chi connectivity index (χ2v) is 8.13. The third-order valence-electron chi connectivity index (χ3n) is 5.46. The summed E-state index contributed by atoms with van der Waals surface area (Å²) in [6.07, 6.45) is 3.57. The summed E-state index contributed by atoms with van der Waals surface area (Å²) in [6.45, 7) is 4.82. The summed E-state index contributed by atoms with van der Waals surface area (Å²) in [7, 11) is 1.71. The minimum Gasteiger partial charge on any atom is -0.494 e. The lowest BCUT2D eigenvalue weighted by atomic mass is 10.0. The summed E-state index contributed by atoms with van der Waals surface area (Å²) in [6, 6.07) is 22.2. The van der Waals surface area contributed by atoms with Gasteiger partial charge in [0.05, 0.1) is 13.2 Å². The zero-order valence-corrected chi connectivity index (χ0v) is 20.9. The Balaban J connectivity index is 1.68. The Kier molecular flexibility index (Phi) is 9.51. The number of benzene rings is 3. The Bertz CT molecular complexity index is 1190. The molecule has 0 aliphatic carbocycles. The first-order chi connectivity index (χ1) is 17.4. The number of ether oxygens (including phenoxy) is 2. The Morgan fingerprint density at radius 3 is 2.33 bits per heavy atom. The second-order valence-electron chi connectivity index (χ2n) is 8.13. The third kappa shape index (κ3) is 7.37. The van der Waals surface area contributed by atoms with E-state index in [-0.39, 0.29) is 18.4 Å². The number of hydrogen-bond donors (Lipinski definition) is 2. The van der Waals surface area contributed by atoms with Crippen molar-refractivity contribution in [3.63, 3.8) is 0 Å². The van der Waals surface area contributed by atoms with Gasteiger partial charge in [0.25, 0.3) is 0 Å². The first-order valence-electron chi connectivity index (χ1n) is 12.0.